The highest BCUT2D eigenvalue weighted by atomic mass is 16.5. The highest BCUT2D eigenvalue weighted by Crippen LogP contribution is 2.48. The van der Waals surface area contributed by atoms with Gasteiger partial charge in [-0.2, -0.15) is 0 Å². The number of aromatic nitrogens is 4. The third-order valence-electron chi connectivity index (χ3n) is 7.09. The maximum atomic E-state index is 6.01. The summed E-state index contributed by atoms with van der Waals surface area (Å²) < 4.78 is 12.0. The van der Waals surface area contributed by atoms with Gasteiger partial charge in [0.15, 0.2) is 11.2 Å². The van der Waals surface area contributed by atoms with E-state index in [-0.39, 0.29) is 5.92 Å². The lowest BCUT2D eigenvalue weighted by atomic mass is 9.82. The number of nitrogens with one attached hydrogen (secondary N) is 2. The zero-order chi connectivity index (χ0) is 24.9. The minimum atomic E-state index is -0.228. The van der Waals surface area contributed by atoms with E-state index >= 15 is 0 Å². The van der Waals surface area contributed by atoms with Gasteiger partial charge in [0.05, 0.1) is 11.4 Å². The number of fused-ring (bicyclic) bond motifs is 2. The summed E-state index contributed by atoms with van der Waals surface area (Å²) in [7, 11) is 0. The third-order valence-corrected chi connectivity index (χ3v) is 7.09. The van der Waals surface area contributed by atoms with Crippen molar-refractivity contribution in [2.75, 3.05) is 0 Å². The Hall–Kier alpha value is -4.84. The fourth-order valence-electron chi connectivity index (χ4n) is 5.35. The Morgan fingerprint density at radius 2 is 0.973 bits per heavy atom. The van der Waals surface area contributed by atoms with Gasteiger partial charge >= 0.3 is 0 Å². The van der Waals surface area contributed by atoms with E-state index in [1.165, 1.54) is 0 Å². The Balaban J connectivity index is 1.62. The van der Waals surface area contributed by atoms with E-state index in [2.05, 4.69) is 68.8 Å². The number of hydrogen-bond donors (Lipinski definition) is 2. The zero-order valence-electron chi connectivity index (χ0n) is 20.4. The van der Waals surface area contributed by atoms with Crippen LogP contribution in [0.1, 0.15) is 34.0 Å². The van der Waals surface area contributed by atoms with Gasteiger partial charge in [0.25, 0.3) is 0 Å². The molecule has 6 nitrogen and oxygen atoms in total. The molecule has 4 aromatic heterocycles. The van der Waals surface area contributed by atoms with Crippen LogP contribution in [0.5, 0.6) is 0 Å². The summed E-state index contributed by atoms with van der Waals surface area (Å²) in [6.45, 7) is 3.92. The highest BCUT2D eigenvalue weighted by Gasteiger charge is 2.34. The van der Waals surface area contributed by atoms with Crippen LogP contribution in [0.4, 0.5) is 0 Å². The standard InChI is InChI=1S/C31H24N4O2/c1-18-26-30(36-34-18)24(28(32-26)21-14-8-4-9-15-21)23(20-12-6-3-7-13-20)25-29(22-16-10-5-11-17-22)33-27-19(2)35-37-31(25)27/h3-17,23,32-33H,1-2H3. The van der Waals surface area contributed by atoms with E-state index in [0.29, 0.717) is 0 Å². The summed E-state index contributed by atoms with van der Waals surface area (Å²) in [5.74, 6) is -0.228. The van der Waals surface area contributed by atoms with Gasteiger partial charge in [0.1, 0.15) is 22.4 Å². The molecule has 0 aliphatic rings. The molecule has 6 heteroatoms. The van der Waals surface area contributed by atoms with Gasteiger partial charge in [-0.15, -0.1) is 0 Å². The number of hydrogen-bond acceptors (Lipinski definition) is 4. The van der Waals surface area contributed by atoms with Crippen molar-refractivity contribution in [3.05, 3.63) is 119 Å². The number of H-pyrrole nitrogens is 2. The summed E-state index contributed by atoms with van der Waals surface area (Å²) in [6, 6.07) is 31.2. The lowest BCUT2D eigenvalue weighted by Gasteiger charge is -2.20. The molecule has 2 N–H and O–H groups in total. The second kappa shape index (κ2) is 8.38. The first-order valence-corrected chi connectivity index (χ1v) is 12.3. The van der Waals surface area contributed by atoms with Gasteiger partial charge < -0.3 is 19.0 Å². The van der Waals surface area contributed by atoms with E-state index < -0.39 is 0 Å². The number of aryl methyl sites for hydroxylation is 2. The van der Waals surface area contributed by atoms with E-state index in [1.54, 1.807) is 0 Å². The molecule has 3 aromatic carbocycles. The second-order valence-electron chi connectivity index (χ2n) is 9.35. The SMILES string of the molecule is Cc1noc2c(C(c3ccccc3)c3c(-c4ccccc4)[nH]c4c(C)noc34)c(-c3ccccc3)[nH]c12. The Morgan fingerprint density at radius 1 is 0.568 bits per heavy atom. The van der Waals surface area contributed by atoms with Crippen molar-refractivity contribution in [1.82, 2.24) is 20.3 Å². The molecule has 180 valence electrons. The molecular formula is C31H24N4O2. The summed E-state index contributed by atoms with van der Waals surface area (Å²) in [5, 5.41) is 8.61. The van der Waals surface area contributed by atoms with Crippen LogP contribution >= 0.6 is 0 Å². The van der Waals surface area contributed by atoms with Crippen molar-refractivity contribution in [3.63, 3.8) is 0 Å². The maximum absolute atomic E-state index is 6.01. The van der Waals surface area contributed by atoms with Gasteiger partial charge in [0, 0.05) is 17.0 Å². The lowest BCUT2D eigenvalue weighted by Crippen LogP contribution is -2.06. The van der Waals surface area contributed by atoms with Gasteiger partial charge in [-0.25, -0.2) is 0 Å². The minimum Gasteiger partial charge on any atom is -0.354 e. The average molecular weight is 485 g/mol. The quantitative estimate of drug-likeness (QED) is 0.261. The summed E-state index contributed by atoms with van der Waals surface area (Å²) in [5.41, 5.74) is 12.2. The van der Waals surface area contributed by atoms with Crippen molar-refractivity contribution >= 4 is 22.2 Å². The van der Waals surface area contributed by atoms with Crippen LogP contribution in [-0.4, -0.2) is 20.3 Å². The number of nitrogens with zero attached hydrogens (tertiary/aromatic N) is 2. The Kier molecular flexibility index (Phi) is 4.86. The zero-order valence-corrected chi connectivity index (χ0v) is 20.4. The predicted octanol–water partition coefficient (Wildman–Crippen LogP) is 7.76. The van der Waals surface area contributed by atoms with Gasteiger partial charge in [-0.3, -0.25) is 0 Å². The van der Waals surface area contributed by atoms with Gasteiger partial charge in [0.2, 0.25) is 0 Å². The molecule has 7 rings (SSSR count). The molecule has 0 saturated carbocycles. The van der Waals surface area contributed by atoms with E-state index in [4.69, 9.17) is 9.05 Å². The largest absolute Gasteiger partial charge is 0.354 e. The molecule has 37 heavy (non-hydrogen) atoms. The van der Waals surface area contributed by atoms with Gasteiger partial charge in [-0.05, 0) is 30.5 Å². The first-order chi connectivity index (χ1) is 18.2. The molecule has 0 saturated heterocycles. The summed E-state index contributed by atoms with van der Waals surface area (Å²) in [6.07, 6.45) is 0. The molecule has 7 aromatic rings. The molecule has 0 amide bonds. The maximum Gasteiger partial charge on any atom is 0.189 e. The van der Waals surface area contributed by atoms with Crippen LogP contribution in [-0.2, 0) is 0 Å². The molecule has 0 spiro atoms. The highest BCUT2D eigenvalue weighted by molar-refractivity contribution is 5.94. The molecule has 0 aliphatic heterocycles. The lowest BCUT2D eigenvalue weighted by molar-refractivity contribution is 0.445. The van der Waals surface area contributed by atoms with E-state index in [9.17, 15) is 0 Å². The molecule has 4 heterocycles. The summed E-state index contributed by atoms with van der Waals surface area (Å²) in [4.78, 5) is 7.28. The third kappa shape index (κ3) is 3.33. The minimum absolute atomic E-state index is 0.228. The second-order valence-corrected chi connectivity index (χ2v) is 9.35. The number of benzene rings is 3. The van der Waals surface area contributed by atoms with Crippen molar-refractivity contribution < 1.29 is 9.05 Å². The normalized spacial score (nSPS) is 11.8. The van der Waals surface area contributed by atoms with Crippen molar-refractivity contribution in [2.24, 2.45) is 0 Å². The van der Waals surface area contributed by atoms with Crippen molar-refractivity contribution in [3.8, 4) is 22.5 Å². The molecule has 0 unspecified atom stereocenters. The number of rotatable bonds is 5. The smallest absolute Gasteiger partial charge is 0.189 e. The van der Waals surface area contributed by atoms with Crippen LogP contribution < -0.4 is 0 Å². The Bertz CT molecular complexity index is 1720. The topological polar surface area (TPSA) is 83.6 Å². The Labute approximate surface area is 212 Å². The molecular weight excluding hydrogens is 460 g/mol. The average Bonchev–Trinajstić information content (AvgIpc) is 3.70. The molecule has 0 fully saturated rings. The van der Waals surface area contributed by atoms with Crippen LogP contribution in [0, 0.1) is 13.8 Å². The van der Waals surface area contributed by atoms with Crippen molar-refractivity contribution in [1.29, 1.82) is 0 Å². The first-order valence-electron chi connectivity index (χ1n) is 12.3. The van der Waals surface area contributed by atoms with Crippen LogP contribution in [0.15, 0.2) is 100 Å². The first kappa shape index (κ1) is 21.4. The number of aromatic amines is 2. The monoisotopic (exact) mass is 484 g/mol. The molecule has 0 aliphatic carbocycles. The Morgan fingerprint density at radius 3 is 1.41 bits per heavy atom. The molecule has 0 radical (unpaired) electrons. The van der Waals surface area contributed by atoms with E-state index in [0.717, 1.165) is 72.8 Å². The van der Waals surface area contributed by atoms with Crippen molar-refractivity contribution in [2.45, 2.75) is 19.8 Å². The van der Waals surface area contributed by atoms with Gasteiger partial charge in [-0.1, -0.05) is 101 Å². The predicted molar refractivity (Wildman–Crippen MR) is 144 cm³/mol. The van der Waals surface area contributed by atoms with Crippen LogP contribution in [0.3, 0.4) is 0 Å². The van der Waals surface area contributed by atoms with E-state index in [1.807, 2.05) is 56.3 Å². The van der Waals surface area contributed by atoms with Crippen LogP contribution in [0.25, 0.3) is 44.7 Å². The molecule has 0 atom stereocenters. The fraction of sp³-hybridized carbons (Fsp3) is 0.0968. The summed E-state index contributed by atoms with van der Waals surface area (Å²) >= 11 is 0. The van der Waals surface area contributed by atoms with Crippen LogP contribution in [0.2, 0.25) is 0 Å². The molecule has 0 bridgehead atoms. The fourth-order valence-corrected chi connectivity index (χ4v) is 5.35.